The molecule has 1 unspecified atom stereocenters. The molecule has 13 heteroatoms. The molecular weight excluding hydrogens is 634 g/mol. The Morgan fingerprint density at radius 1 is 1.08 bits per heavy atom. The van der Waals surface area contributed by atoms with Gasteiger partial charge in [-0.15, -0.1) is 0 Å². The smallest absolute Gasteiger partial charge is 0.303 e. The standard InChI is InChI=1S/C36H49N3O10/c1-20(6-9-29-21(2)14-28(23(4)48-29)38-31(41)11-8-22(3)47-24(5)40)7-10-30-35(45)36(19-46-36)18-27(49-30)17-32(42)37-25-15-26(16-25)39-33(43)12-13-34(39)44/h6-8,10-13,21-23,25-30,35,45H,9,14-19H2,1-5H3,(H,37,42)(H,38,41)/t21-,22?,23+,25?,26?,27+,28+,29-,30+,35+,36+/m0/s1. The summed E-state index contributed by atoms with van der Waals surface area (Å²) in [6.07, 6.45) is 11.6. The van der Waals surface area contributed by atoms with Gasteiger partial charge < -0.3 is 34.7 Å². The summed E-state index contributed by atoms with van der Waals surface area (Å²) < 4.78 is 23.2. The Labute approximate surface area is 287 Å². The molecule has 5 aliphatic rings. The van der Waals surface area contributed by atoms with Crippen LogP contribution in [0.5, 0.6) is 0 Å². The number of nitrogens with zero attached hydrogens (tertiary/aromatic N) is 1. The maximum absolute atomic E-state index is 12.9. The van der Waals surface area contributed by atoms with E-state index >= 15 is 0 Å². The van der Waals surface area contributed by atoms with Crippen LogP contribution in [0.3, 0.4) is 0 Å². The highest BCUT2D eigenvalue weighted by molar-refractivity contribution is 6.13. The van der Waals surface area contributed by atoms with Gasteiger partial charge in [-0.1, -0.05) is 30.7 Å². The molecule has 0 aromatic heterocycles. The molecule has 0 aromatic carbocycles. The minimum Gasteiger partial charge on any atom is -0.459 e. The monoisotopic (exact) mass is 683 g/mol. The van der Waals surface area contributed by atoms with Gasteiger partial charge in [-0.05, 0) is 58.4 Å². The molecule has 0 aromatic rings. The lowest BCUT2D eigenvalue weighted by Crippen LogP contribution is -2.56. The zero-order valence-corrected chi connectivity index (χ0v) is 28.8. The van der Waals surface area contributed by atoms with Crippen LogP contribution in [-0.2, 0) is 42.9 Å². The molecule has 3 N–H and O–H groups in total. The van der Waals surface area contributed by atoms with E-state index in [1.165, 1.54) is 30.1 Å². The first-order valence-electron chi connectivity index (χ1n) is 17.2. The molecule has 1 aliphatic carbocycles. The van der Waals surface area contributed by atoms with Crippen molar-refractivity contribution in [3.05, 3.63) is 48.1 Å². The number of ether oxygens (including phenoxy) is 4. The van der Waals surface area contributed by atoms with E-state index in [0.29, 0.717) is 32.3 Å². The van der Waals surface area contributed by atoms with E-state index in [4.69, 9.17) is 18.9 Å². The summed E-state index contributed by atoms with van der Waals surface area (Å²) in [4.78, 5) is 61.4. The van der Waals surface area contributed by atoms with Crippen molar-refractivity contribution in [2.24, 2.45) is 5.92 Å². The number of carbonyl (C=O) groups excluding carboxylic acids is 5. The fraction of sp³-hybridized carbons (Fsp3) is 0.639. The highest BCUT2D eigenvalue weighted by Crippen LogP contribution is 2.43. The van der Waals surface area contributed by atoms with Crippen molar-refractivity contribution in [3.8, 4) is 0 Å². The first-order valence-corrected chi connectivity index (χ1v) is 17.2. The maximum atomic E-state index is 12.9. The average Bonchev–Trinajstić information content (AvgIpc) is 3.71. The van der Waals surface area contributed by atoms with Gasteiger partial charge in [0.1, 0.15) is 23.9 Å². The van der Waals surface area contributed by atoms with Gasteiger partial charge in [0.2, 0.25) is 11.8 Å². The second kappa shape index (κ2) is 15.5. The lowest BCUT2D eigenvalue weighted by molar-refractivity contribution is -0.146. The molecule has 0 radical (unpaired) electrons. The number of allylic oxidation sites excluding steroid dienone is 2. The highest BCUT2D eigenvalue weighted by atomic mass is 16.6. The van der Waals surface area contributed by atoms with Gasteiger partial charge in [-0.2, -0.15) is 0 Å². The van der Waals surface area contributed by atoms with E-state index in [2.05, 4.69) is 23.6 Å². The zero-order valence-electron chi connectivity index (χ0n) is 28.8. The summed E-state index contributed by atoms with van der Waals surface area (Å²) in [6, 6.07) is -0.462. The van der Waals surface area contributed by atoms with Crippen LogP contribution in [0.25, 0.3) is 0 Å². The van der Waals surface area contributed by atoms with Gasteiger partial charge in [0.05, 0.1) is 37.4 Å². The molecule has 3 saturated heterocycles. The van der Waals surface area contributed by atoms with E-state index in [-0.39, 0.29) is 66.3 Å². The van der Waals surface area contributed by atoms with E-state index in [0.717, 1.165) is 12.0 Å². The Hall–Kier alpha value is -3.65. The van der Waals surface area contributed by atoms with Crippen molar-refractivity contribution < 1.29 is 48.0 Å². The minimum absolute atomic E-state index is 0.0347. The molecule has 0 bridgehead atoms. The molecule has 9 atom stereocenters. The molecule has 49 heavy (non-hydrogen) atoms. The van der Waals surface area contributed by atoms with Gasteiger partial charge in [0, 0.05) is 43.7 Å². The molecule has 4 amide bonds. The number of carbonyl (C=O) groups is 5. The minimum atomic E-state index is -0.859. The molecule has 13 nitrogen and oxygen atoms in total. The number of rotatable bonds is 12. The van der Waals surface area contributed by atoms with Crippen LogP contribution in [0.15, 0.2) is 48.1 Å². The van der Waals surface area contributed by atoms with Crippen molar-refractivity contribution in [1.82, 2.24) is 15.5 Å². The maximum Gasteiger partial charge on any atom is 0.303 e. The first-order chi connectivity index (χ1) is 23.2. The van der Waals surface area contributed by atoms with Crippen LogP contribution < -0.4 is 10.6 Å². The van der Waals surface area contributed by atoms with E-state index < -0.39 is 36.0 Å². The molecular formula is C36H49N3O10. The fourth-order valence-electron chi connectivity index (χ4n) is 7.07. The third-order valence-electron chi connectivity index (χ3n) is 10.0. The van der Waals surface area contributed by atoms with E-state index in [9.17, 15) is 29.1 Å². The normalized spacial score (nSPS) is 36.7. The third-order valence-corrected chi connectivity index (χ3v) is 10.0. The first kappa shape index (κ1) is 36.6. The average molecular weight is 684 g/mol. The molecule has 1 spiro atoms. The number of aliphatic hydroxyl groups is 1. The molecule has 4 fully saturated rings. The summed E-state index contributed by atoms with van der Waals surface area (Å²) in [6.45, 7) is 9.43. The predicted molar refractivity (Wildman–Crippen MR) is 176 cm³/mol. The van der Waals surface area contributed by atoms with Crippen LogP contribution in [-0.4, -0.2) is 107 Å². The number of nitrogens with one attached hydrogen (secondary N) is 2. The highest BCUT2D eigenvalue weighted by Gasteiger charge is 2.58. The van der Waals surface area contributed by atoms with Gasteiger partial charge in [-0.25, -0.2) is 0 Å². The number of hydrogen-bond donors (Lipinski definition) is 3. The van der Waals surface area contributed by atoms with Crippen molar-refractivity contribution in [2.75, 3.05) is 6.61 Å². The molecule has 4 aliphatic heterocycles. The predicted octanol–water partition coefficient (Wildman–Crippen LogP) is 1.93. The number of epoxide rings is 1. The zero-order chi connectivity index (χ0) is 35.5. The number of imide groups is 1. The Kier molecular flexibility index (Phi) is 11.6. The van der Waals surface area contributed by atoms with Crippen molar-refractivity contribution in [2.45, 2.75) is 133 Å². The van der Waals surface area contributed by atoms with Crippen molar-refractivity contribution in [3.63, 3.8) is 0 Å². The number of aliphatic hydroxyl groups excluding tert-OH is 1. The summed E-state index contributed by atoms with van der Waals surface area (Å²) in [7, 11) is 0. The van der Waals surface area contributed by atoms with Crippen LogP contribution >= 0.6 is 0 Å². The van der Waals surface area contributed by atoms with Gasteiger partial charge in [0.25, 0.3) is 11.8 Å². The number of amides is 4. The van der Waals surface area contributed by atoms with Crippen LogP contribution in [0.2, 0.25) is 0 Å². The third kappa shape index (κ3) is 9.33. The topological polar surface area (TPSA) is 173 Å². The lowest BCUT2D eigenvalue weighted by atomic mass is 9.84. The van der Waals surface area contributed by atoms with Gasteiger partial charge >= 0.3 is 5.97 Å². The van der Waals surface area contributed by atoms with Crippen molar-refractivity contribution >= 4 is 29.6 Å². The Bertz CT molecular complexity index is 1390. The van der Waals surface area contributed by atoms with Gasteiger partial charge in [-0.3, -0.25) is 28.9 Å². The van der Waals surface area contributed by atoms with E-state index in [1.807, 2.05) is 26.0 Å². The van der Waals surface area contributed by atoms with Gasteiger partial charge in [0.15, 0.2) is 0 Å². The Morgan fingerprint density at radius 2 is 1.78 bits per heavy atom. The van der Waals surface area contributed by atoms with Crippen LogP contribution in [0, 0.1) is 5.92 Å². The van der Waals surface area contributed by atoms with Crippen LogP contribution in [0.4, 0.5) is 0 Å². The van der Waals surface area contributed by atoms with E-state index in [1.54, 1.807) is 13.0 Å². The molecule has 4 heterocycles. The van der Waals surface area contributed by atoms with Crippen LogP contribution in [0.1, 0.15) is 73.1 Å². The number of esters is 1. The molecule has 5 rings (SSSR count). The SMILES string of the molecule is CC(=O)OC(C)C=CC(=O)N[C@@H]1C[C@H](C)[C@H](CC=C(C)C=C[C@H]2O[C@H](CC(=O)NC3CC(N4C(=O)C=CC4=O)C3)C[C@@]3(CO3)[C@@H]2O)O[C@@H]1C. The quantitative estimate of drug-likeness (QED) is 0.0908. The second-order valence-corrected chi connectivity index (χ2v) is 14.1. The Balaban J connectivity index is 1.07. The Morgan fingerprint density at radius 3 is 2.43 bits per heavy atom. The number of hydrogen-bond acceptors (Lipinski definition) is 10. The second-order valence-electron chi connectivity index (χ2n) is 14.1. The molecule has 268 valence electrons. The summed E-state index contributed by atoms with van der Waals surface area (Å²) >= 11 is 0. The van der Waals surface area contributed by atoms with Crippen molar-refractivity contribution in [1.29, 1.82) is 0 Å². The molecule has 1 saturated carbocycles. The lowest BCUT2D eigenvalue weighted by Gasteiger charge is -2.41. The fourth-order valence-corrected chi connectivity index (χ4v) is 7.07. The largest absolute Gasteiger partial charge is 0.459 e. The summed E-state index contributed by atoms with van der Waals surface area (Å²) in [5, 5.41) is 17.0. The summed E-state index contributed by atoms with van der Waals surface area (Å²) in [5.41, 5.74) is 0.252. The summed E-state index contributed by atoms with van der Waals surface area (Å²) in [5.74, 6) is -1.28.